The number of ketones is 1. The number of hydrogen-bond acceptors (Lipinski definition) is 12. The molecular weight excluding hydrogens is 706 g/mol. The number of carbonyl (C=O) groups excluding carboxylic acids is 2. The van der Waals surface area contributed by atoms with Gasteiger partial charge in [0.25, 0.3) is 0 Å². The number of nitrogens with zero attached hydrogens (tertiary/aromatic N) is 1. The van der Waals surface area contributed by atoms with Crippen LogP contribution in [0.1, 0.15) is 79.1 Å². The van der Waals surface area contributed by atoms with Crippen LogP contribution in [0.3, 0.4) is 0 Å². The number of fused-ring (bicyclic) bond motifs is 5. The van der Waals surface area contributed by atoms with E-state index in [1.165, 1.54) is 0 Å². The highest BCUT2D eigenvalue weighted by molar-refractivity contribution is 5.99. The van der Waals surface area contributed by atoms with Crippen molar-refractivity contribution in [3.05, 3.63) is 36.0 Å². The summed E-state index contributed by atoms with van der Waals surface area (Å²) in [7, 11) is 8.91. The van der Waals surface area contributed by atoms with Crippen molar-refractivity contribution in [2.75, 3.05) is 35.4 Å². The zero-order valence-corrected chi connectivity index (χ0v) is 34.4. The van der Waals surface area contributed by atoms with Gasteiger partial charge in [0.15, 0.2) is 18.4 Å². The topological polar surface area (TPSA) is 131 Å². The summed E-state index contributed by atoms with van der Waals surface area (Å²) in [4.78, 5) is 30.5. The Morgan fingerprint density at radius 3 is 2.29 bits per heavy atom. The molecule has 1 saturated carbocycles. The predicted octanol–water partition coefficient (Wildman–Crippen LogP) is 5.01. The molecule has 3 saturated heterocycles. The van der Waals surface area contributed by atoms with E-state index in [-0.39, 0.29) is 90.4 Å². The number of methoxy groups -OCH3 is 3. The second-order valence-electron chi connectivity index (χ2n) is 17.0. The largest absolute Gasteiger partial charge is 0.458 e. The smallest absolute Gasteiger partial charge is 0.307 e. The fourth-order valence-electron chi connectivity index (χ4n) is 10.4. The molecule has 3 aliphatic carbocycles. The van der Waals surface area contributed by atoms with Gasteiger partial charge in [-0.2, -0.15) is 0 Å². The lowest BCUT2D eigenvalue weighted by Gasteiger charge is -2.44. The first kappa shape index (κ1) is 42.6. The number of aliphatic hydroxyl groups is 1. The van der Waals surface area contributed by atoms with Crippen molar-refractivity contribution in [1.82, 2.24) is 4.90 Å². The number of ether oxygens (including phenoxy) is 8. The Bertz CT molecular complexity index is 1400. The Balaban J connectivity index is 1.23. The number of Topliss-reactive ketones (excluding diaryl/α,β-unsaturated/α-hetero) is 1. The van der Waals surface area contributed by atoms with Crippen LogP contribution in [0.4, 0.5) is 0 Å². The lowest BCUT2D eigenvalue weighted by atomic mass is 9.70. The third-order valence-electron chi connectivity index (χ3n) is 13.4. The first-order valence-corrected chi connectivity index (χ1v) is 20.7. The molecule has 3 aliphatic heterocycles. The van der Waals surface area contributed by atoms with Crippen molar-refractivity contribution in [1.29, 1.82) is 0 Å². The third kappa shape index (κ3) is 9.18. The molecule has 18 atom stereocenters. The average molecular weight is 774 g/mol. The lowest BCUT2D eigenvalue weighted by Crippen LogP contribution is -2.59. The van der Waals surface area contributed by atoms with Gasteiger partial charge in [0, 0.05) is 39.2 Å². The number of aliphatic hydroxyl groups excluding tert-OH is 1. The number of hydrogen-bond donors (Lipinski definition) is 1. The van der Waals surface area contributed by atoms with Crippen LogP contribution in [0.15, 0.2) is 36.0 Å². The molecule has 12 nitrogen and oxygen atoms in total. The van der Waals surface area contributed by atoms with Crippen molar-refractivity contribution < 1.29 is 52.6 Å². The molecule has 0 aromatic heterocycles. The van der Waals surface area contributed by atoms with E-state index in [4.69, 9.17) is 37.9 Å². The Morgan fingerprint density at radius 2 is 1.60 bits per heavy atom. The van der Waals surface area contributed by atoms with Gasteiger partial charge in [-0.3, -0.25) is 9.59 Å². The van der Waals surface area contributed by atoms with Crippen LogP contribution in [0.25, 0.3) is 0 Å². The fraction of sp³-hybridized carbons (Fsp3) is 0.814. The summed E-state index contributed by atoms with van der Waals surface area (Å²) in [5, 5.41) is 11.2. The van der Waals surface area contributed by atoms with E-state index in [2.05, 4.69) is 30.1 Å². The SMILES string of the molecule is CCC=CC1CCCC(OC2OC(C)C(N(C)C)CC2O)C(C)C(=O)C2=CC3C(C=CC4CC(OC5OC(C)C(OC)C(OC)C5OC)CC43)C2CC(=O)O1. The zero-order chi connectivity index (χ0) is 39.6. The van der Waals surface area contributed by atoms with Crippen molar-refractivity contribution >= 4 is 11.8 Å². The predicted molar refractivity (Wildman–Crippen MR) is 205 cm³/mol. The molecule has 55 heavy (non-hydrogen) atoms. The fourth-order valence-corrected chi connectivity index (χ4v) is 10.4. The zero-order valence-electron chi connectivity index (χ0n) is 34.4. The molecular formula is C43H67NO11. The van der Waals surface area contributed by atoms with Crippen LogP contribution >= 0.6 is 0 Å². The number of esters is 1. The summed E-state index contributed by atoms with van der Waals surface area (Å²) in [5.41, 5.74) is 0.688. The lowest BCUT2D eigenvalue weighted by molar-refractivity contribution is -0.314. The van der Waals surface area contributed by atoms with E-state index in [1.807, 2.05) is 47.0 Å². The highest BCUT2D eigenvalue weighted by Crippen LogP contribution is 2.54. The number of likely N-dealkylation sites (N-methyl/N-ethyl adjacent to an activating group) is 1. The van der Waals surface area contributed by atoms with Crippen molar-refractivity contribution in [2.45, 2.75) is 153 Å². The van der Waals surface area contributed by atoms with Crippen LogP contribution < -0.4 is 0 Å². The summed E-state index contributed by atoms with van der Waals surface area (Å²) in [6.45, 7) is 7.96. The summed E-state index contributed by atoms with van der Waals surface area (Å²) in [5.74, 6) is -0.575. The van der Waals surface area contributed by atoms with Gasteiger partial charge in [0.1, 0.15) is 30.5 Å². The monoisotopic (exact) mass is 773 g/mol. The molecule has 3 heterocycles. The van der Waals surface area contributed by atoms with E-state index in [0.717, 1.165) is 19.3 Å². The van der Waals surface area contributed by atoms with Crippen molar-refractivity contribution in [2.24, 2.45) is 35.5 Å². The first-order valence-electron chi connectivity index (χ1n) is 20.7. The molecule has 0 bridgehead atoms. The highest BCUT2D eigenvalue weighted by atomic mass is 16.7. The maximum Gasteiger partial charge on any atom is 0.307 e. The van der Waals surface area contributed by atoms with Crippen LogP contribution in [0.2, 0.25) is 0 Å². The van der Waals surface area contributed by atoms with Gasteiger partial charge >= 0.3 is 5.97 Å². The minimum atomic E-state index is -0.837. The summed E-state index contributed by atoms with van der Waals surface area (Å²) >= 11 is 0. The quantitative estimate of drug-likeness (QED) is 0.237. The molecule has 4 fully saturated rings. The maximum absolute atomic E-state index is 14.7. The van der Waals surface area contributed by atoms with Crippen molar-refractivity contribution in [3.8, 4) is 0 Å². The van der Waals surface area contributed by atoms with Gasteiger partial charge in [-0.1, -0.05) is 38.2 Å². The van der Waals surface area contributed by atoms with Crippen LogP contribution in [0.5, 0.6) is 0 Å². The van der Waals surface area contributed by atoms with E-state index in [1.54, 1.807) is 21.3 Å². The summed E-state index contributed by atoms with van der Waals surface area (Å²) in [6, 6.07) is 0.0571. The van der Waals surface area contributed by atoms with Crippen LogP contribution in [-0.4, -0.2) is 131 Å². The molecule has 18 unspecified atom stereocenters. The molecule has 12 heteroatoms. The number of rotatable bonds is 10. The molecule has 1 N–H and O–H groups in total. The minimum absolute atomic E-state index is 0.00806. The summed E-state index contributed by atoms with van der Waals surface area (Å²) < 4.78 is 49.4. The van der Waals surface area contributed by atoms with E-state index in [0.29, 0.717) is 31.3 Å². The summed E-state index contributed by atoms with van der Waals surface area (Å²) in [6.07, 6.45) is 10.9. The normalized spacial score (nSPS) is 45.4. The second-order valence-corrected chi connectivity index (χ2v) is 17.0. The Kier molecular flexibility index (Phi) is 14.5. The standard InChI is InChI=1S/C43H67NO11/c1-10-11-13-27-14-12-15-36(55-42-35(45)22-34(44(5)6)24(3)51-42)23(2)38(47)33-20-31-29(32(33)21-37(46)53-27)17-16-26-18-28(19-30(26)31)54-43-41(50-9)40(49-8)39(48-7)25(4)52-43/h11,13,16-17,20,23-32,34-36,39-43,45H,10,12,14-15,18-19,21-22H2,1-9H3. The molecule has 0 aromatic carbocycles. The van der Waals surface area contributed by atoms with Gasteiger partial charge < -0.3 is 47.9 Å². The second kappa shape index (κ2) is 18.7. The number of cyclic esters (lactones) is 1. The third-order valence-corrected chi connectivity index (χ3v) is 13.4. The van der Waals surface area contributed by atoms with Gasteiger partial charge in [-0.05, 0) is 108 Å². The van der Waals surface area contributed by atoms with Gasteiger partial charge in [-0.15, -0.1) is 0 Å². The molecule has 0 aromatic rings. The van der Waals surface area contributed by atoms with E-state index < -0.39 is 36.8 Å². The molecule has 310 valence electrons. The Labute approximate surface area is 328 Å². The average Bonchev–Trinajstić information content (AvgIpc) is 3.73. The minimum Gasteiger partial charge on any atom is -0.458 e. The molecule has 6 rings (SSSR count). The highest BCUT2D eigenvalue weighted by Gasteiger charge is 2.53. The van der Waals surface area contributed by atoms with E-state index in [9.17, 15) is 14.7 Å². The van der Waals surface area contributed by atoms with Crippen LogP contribution in [0, 0.1) is 35.5 Å². The van der Waals surface area contributed by atoms with Gasteiger partial charge in [-0.25, -0.2) is 0 Å². The van der Waals surface area contributed by atoms with Crippen molar-refractivity contribution in [3.63, 3.8) is 0 Å². The van der Waals surface area contributed by atoms with Gasteiger partial charge in [0.2, 0.25) is 0 Å². The first-order chi connectivity index (χ1) is 26.4. The molecule has 0 amide bonds. The molecule has 0 spiro atoms. The Hall–Kier alpha value is -2.00. The van der Waals surface area contributed by atoms with Gasteiger partial charge in [0.05, 0.1) is 30.8 Å². The Morgan fingerprint density at radius 1 is 0.873 bits per heavy atom. The molecule has 6 aliphatic rings. The molecule has 0 radical (unpaired) electrons. The number of allylic oxidation sites excluding steroid dienone is 5. The van der Waals surface area contributed by atoms with E-state index >= 15 is 0 Å². The van der Waals surface area contributed by atoms with Crippen LogP contribution in [-0.2, 0) is 47.5 Å². The maximum atomic E-state index is 14.7. The number of carbonyl (C=O) groups is 2.